The third-order valence-electron chi connectivity index (χ3n) is 6.62. The van der Waals surface area contributed by atoms with Crippen molar-refractivity contribution in [1.82, 2.24) is 30.1 Å². The zero-order chi connectivity index (χ0) is 25.1. The van der Waals surface area contributed by atoms with Crippen molar-refractivity contribution in [2.45, 2.75) is 52.9 Å². The zero-order valence-corrected chi connectivity index (χ0v) is 20.8. The van der Waals surface area contributed by atoms with Gasteiger partial charge in [-0.15, -0.1) is 5.10 Å². The third kappa shape index (κ3) is 4.99. The standard InChI is InChI=1S/C28H30N6O2/c1-4-25(27-30-31-32-34(27)18-24-9-6-14-36-24)33(16-21-12-10-19(2)11-13-21)17-23-15-22-8-5-7-20(3)26(22)29-28(23)35/h5-15,25H,4,16-18H2,1-3H3,(H,29,35)/t25-/m0/s1. The van der Waals surface area contributed by atoms with E-state index in [1.807, 2.05) is 43.3 Å². The van der Waals surface area contributed by atoms with Crippen molar-refractivity contribution in [3.05, 3.63) is 111 Å². The largest absolute Gasteiger partial charge is 0.467 e. The number of H-pyrrole nitrogens is 1. The number of fused-ring (bicyclic) bond motifs is 1. The summed E-state index contributed by atoms with van der Waals surface area (Å²) in [6.07, 6.45) is 2.42. The Balaban J connectivity index is 1.53. The number of aryl methyl sites for hydroxylation is 2. The summed E-state index contributed by atoms with van der Waals surface area (Å²) in [4.78, 5) is 18.5. The van der Waals surface area contributed by atoms with Gasteiger partial charge in [-0.05, 0) is 65.4 Å². The smallest absolute Gasteiger partial charge is 0.252 e. The predicted octanol–water partition coefficient (Wildman–Crippen LogP) is 4.93. The van der Waals surface area contributed by atoms with E-state index in [0.717, 1.165) is 40.0 Å². The van der Waals surface area contributed by atoms with E-state index in [9.17, 15) is 4.79 Å². The number of nitrogens with zero attached hydrogens (tertiary/aromatic N) is 5. The normalized spacial score (nSPS) is 12.4. The summed E-state index contributed by atoms with van der Waals surface area (Å²) in [5.41, 5.74) is 4.94. The monoisotopic (exact) mass is 482 g/mol. The molecular weight excluding hydrogens is 452 g/mol. The highest BCUT2D eigenvalue weighted by atomic mass is 16.3. The summed E-state index contributed by atoms with van der Waals surface area (Å²) in [5.74, 6) is 1.53. The van der Waals surface area contributed by atoms with Gasteiger partial charge in [0.05, 0.1) is 17.8 Å². The first-order chi connectivity index (χ1) is 17.5. The number of para-hydroxylation sites is 1. The minimum absolute atomic E-state index is 0.0734. The van der Waals surface area contributed by atoms with E-state index in [-0.39, 0.29) is 11.6 Å². The molecule has 0 amide bonds. The van der Waals surface area contributed by atoms with Crippen molar-refractivity contribution in [3.63, 3.8) is 0 Å². The number of nitrogens with one attached hydrogen (secondary N) is 1. The molecule has 0 saturated carbocycles. The Labute approximate surface area is 209 Å². The molecule has 0 fully saturated rings. The molecule has 3 aromatic heterocycles. The number of tetrazole rings is 1. The number of hydrogen-bond donors (Lipinski definition) is 1. The summed E-state index contributed by atoms with van der Waals surface area (Å²) >= 11 is 0. The molecule has 0 unspecified atom stereocenters. The van der Waals surface area contributed by atoms with Crippen LogP contribution in [0.3, 0.4) is 0 Å². The Morgan fingerprint density at radius 2 is 1.89 bits per heavy atom. The van der Waals surface area contributed by atoms with Crippen LogP contribution in [-0.2, 0) is 19.6 Å². The highest BCUT2D eigenvalue weighted by Gasteiger charge is 2.26. The van der Waals surface area contributed by atoms with Crippen molar-refractivity contribution in [1.29, 1.82) is 0 Å². The zero-order valence-electron chi connectivity index (χ0n) is 20.8. The molecule has 2 aromatic carbocycles. The lowest BCUT2D eigenvalue weighted by Gasteiger charge is -2.30. The molecule has 5 aromatic rings. The van der Waals surface area contributed by atoms with Crippen LogP contribution >= 0.6 is 0 Å². The van der Waals surface area contributed by atoms with Gasteiger partial charge in [0, 0.05) is 18.7 Å². The number of aromatic nitrogens is 5. The number of pyridine rings is 1. The van der Waals surface area contributed by atoms with E-state index in [1.165, 1.54) is 5.56 Å². The van der Waals surface area contributed by atoms with Gasteiger partial charge in [-0.2, -0.15) is 0 Å². The van der Waals surface area contributed by atoms with Crippen molar-refractivity contribution in [3.8, 4) is 0 Å². The van der Waals surface area contributed by atoms with Crippen molar-refractivity contribution < 1.29 is 4.42 Å². The fourth-order valence-electron chi connectivity index (χ4n) is 4.69. The minimum Gasteiger partial charge on any atom is -0.467 e. The molecule has 5 rings (SSSR count). The van der Waals surface area contributed by atoms with Gasteiger partial charge in [0.15, 0.2) is 5.82 Å². The Hall–Kier alpha value is -4.04. The molecule has 0 aliphatic rings. The lowest BCUT2D eigenvalue weighted by Crippen LogP contribution is -2.32. The van der Waals surface area contributed by atoms with E-state index in [1.54, 1.807) is 10.9 Å². The minimum atomic E-state index is -0.108. The summed E-state index contributed by atoms with van der Waals surface area (Å²) in [5, 5.41) is 13.6. The Morgan fingerprint density at radius 1 is 1.06 bits per heavy atom. The average molecular weight is 483 g/mol. The fraction of sp³-hybridized carbons (Fsp3) is 0.286. The van der Waals surface area contributed by atoms with E-state index < -0.39 is 0 Å². The van der Waals surface area contributed by atoms with Crippen LogP contribution in [0.15, 0.2) is 76.1 Å². The molecule has 0 spiro atoms. The van der Waals surface area contributed by atoms with Crippen LogP contribution in [0.2, 0.25) is 0 Å². The van der Waals surface area contributed by atoms with Gasteiger partial charge in [-0.25, -0.2) is 4.68 Å². The first-order valence-electron chi connectivity index (χ1n) is 12.2. The second-order valence-corrected chi connectivity index (χ2v) is 9.25. The third-order valence-corrected chi connectivity index (χ3v) is 6.62. The van der Waals surface area contributed by atoms with E-state index in [0.29, 0.717) is 25.2 Å². The molecule has 0 bridgehead atoms. The van der Waals surface area contributed by atoms with Crippen LogP contribution < -0.4 is 5.56 Å². The van der Waals surface area contributed by atoms with Crippen LogP contribution in [-0.4, -0.2) is 30.1 Å². The number of benzene rings is 2. The van der Waals surface area contributed by atoms with Crippen LogP contribution in [0.25, 0.3) is 10.9 Å². The fourth-order valence-corrected chi connectivity index (χ4v) is 4.69. The summed E-state index contributed by atoms with van der Waals surface area (Å²) in [7, 11) is 0. The van der Waals surface area contributed by atoms with E-state index in [2.05, 4.69) is 63.5 Å². The van der Waals surface area contributed by atoms with Crippen molar-refractivity contribution in [2.24, 2.45) is 0 Å². The molecule has 0 aliphatic heterocycles. The van der Waals surface area contributed by atoms with Gasteiger partial charge < -0.3 is 9.40 Å². The topological polar surface area (TPSA) is 92.8 Å². The molecule has 0 aliphatic carbocycles. The van der Waals surface area contributed by atoms with E-state index in [4.69, 9.17) is 4.42 Å². The number of rotatable bonds is 9. The molecule has 8 nitrogen and oxygen atoms in total. The molecule has 8 heteroatoms. The Bertz CT molecular complexity index is 1500. The summed E-state index contributed by atoms with van der Waals surface area (Å²) in [6.45, 7) is 7.76. The van der Waals surface area contributed by atoms with Crippen LogP contribution in [0.5, 0.6) is 0 Å². The first kappa shape index (κ1) is 23.7. The van der Waals surface area contributed by atoms with Gasteiger partial charge in [0.1, 0.15) is 12.3 Å². The number of hydrogen-bond acceptors (Lipinski definition) is 6. The maximum absolute atomic E-state index is 13.2. The van der Waals surface area contributed by atoms with Crippen molar-refractivity contribution in [2.75, 3.05) is 0 Å². The molecule has 3 heterocycles. The van der Waals surface area contributed by atoms with E-state index >= 15 is 0 Å². The molecule has 0 radical (unpaired) electrons. The molecular formula is C28H30N6O2. The van der Waals surface area contributed by atoms with Gasteiger partial charge in [0.25, 0.3) is 5.56 Å². The SMILES string of the molecule is CC[C@@H](c1nnnn1Cc1ccco1)N(Cc1ccc(C)cc1)Cc1cc2cccc(C)c2[nH]c1=O. The molecule has 184 valence electrons. The average Bonchev–Trinajstić information content (AvgIpc) is 3.55. The lowest BCUT2D eigenvalue weighted by atomic mass is 10.1. The Kier molecular flexibility index (Phi) is 6.77. The second-order valence-electron chi connectivity index (χ2n) is 9.25. The molecule has 1 atom stereocenters. The summed E-state index contributed by atoms with van der Waals surface area (Å²) < 4.78 is 7.31. The highest BCUT2D eigenvalue weighted by Crippen LogP contribution is 2.27. The lowest BCUT2D eigenvalue weighted by molar-refractivity contribution is 0.161. The first-order valence-corrected chi connectivity index (χ1v) is 12.2. The molecule has 1 N–H and O–H groups in total. The molecule has 0 saturated heterocycles. The van der Waals surface area contributed by atoms with Gasteiger partial charge >= 0.3 is 0 Å². The van der Waals surface area contributed by atoms with Gasteiger partial charge in [-0.3, -0.25) is 9.69 Å². The maximum Gasteiger partial charge on any atom is 0.252 e. The quantitative estimate of drug-likeness (QED) is 0.320. The van der Waals surface area contributed by atoms with Crippen LogP contribution in [0.4, 0.5) is 0 Å². The molecule has 36 heavy (non-hydrogen) atoms. The Morgan fingerprint density at radius 3 is 2.64 bits per heavy atom. The van der Waals surface area contributed by atoms with Gasteiger partial charge in [0.2, 0.25) is 0 Å². The van der Waals surface area contributed by atoms with Crippen LogP contribution in [0.1, 0.15) is 53.2 Å². The number of furan rings is 1. The summed E-state index contributed by atoms with van der Waals surface area (Å²) in [6, 6.07) is 20.2. The maximum atomic E-state index is 13.2. The predicted molar refractivity (Wildman–Crippen MR) is 138 cm³/mol. The van der Waals surface area contributed by atoms with Crippen LogP contribution in [0, 0.1) is 13.8 Å². The van der Waals surface area contributed by atoms with Gasteiger partial charge in [-0.1, -0.05) is 55.0 Å². The van der Waals surface area contributed by atoms with Crippen molar-refractivity contribution >= 4 is 10.9 Å². The second kappa shape index (κ2) is 10.3. The highest BCUT2D eigenvalue weighted by molar-refractivity contribution is 5.81. The number of aromatic amines is 1.